The molecule has 0 unspecified atom stereocenters. The maximum atomic E-state index is 12.4. The van der Waals surface area contributed by atoms with Gasteiger partial charge in [-0.25, -0.2) is 4.98 Å². The minimum atomic E-state index is -0.228. The quantitative estimate of drug-likeness (QED) is 0.442. The van der Waals surface area contributed by atoms with Gasteiger partial charge in [0.05, 0.1) is 16.8 Å². The number of thiazole rings is 1. The predicted octanol–water partition coefficient (Wildman–Crippen LogP) is 6.10. The topological polar surface area (TPSA) is 60.5 Å². The van der Waals surface area contributed by atoms with Crippen LogP contribution in [0.2, 0.25) is 0 Å². The van der Waals surface area contributed by atoms with Gasteiger partial charge < -0.3 is 9.47 Å². The number of unbranched alkanes of at least 4 members (excludes halogenated alkanes) is 1. The monoisotopic (exact) mass is 426 g/mol. The smallest absolute Gasteiger partial charge is 0.264 e. The number of aromatic nitrogens is 1. The summed E-state index contributed by atoms with van der Waals surface area (Å²) in [5.74, 6) is 1.34. The third kappa shape index (κ3) is 5.72. The van der Waals surface area contributed by atoms with Crippen LogP contribution in [0.3, 0.4) is 0 Å². The first-order chi connectivity index (χ1) is 14.3. The highest BCUT2D eigenvalue weighted by molar-refractivity contribution is 7.22. The second-order valence-electron chi connectivity index (χ2n) is 8.44. The van der Waals surface area contributed by atoms with Crippen molar-refractivity contribution in [2.75, 3.05) is 18.5 Å². The fourth-order valence-corrected chi connectivity index (χ4v) is 3.95. The van der Waals surface area contributed by atoms with Gasteiger partial charge >= 0.3 is 0 Å². The summed E-state index contributed by atoms with van der Waals surface area (Å²) in [7, 11) is 0. The van der Waals surface area contributed by atoms with Crippen LogP contribution >= 0.6 is 11.3 Å². The van der Waals surface area contributed by atoms with E-state index < -0.39 is 0 Å². The van der Waals surface area contributed by atoms with Crippen molar-refractivity contribution >= 4 is 32.6 Å². The second-order valence-corrected chi connectivity index (χ2v) is 9.47. The summed E-state index contributed by atoms with van der Waals surface area (Å²) in [5.41, 5.74) is 3.03. The Morgan fingerprint density at radius 1 is 1.13 bits per heavy atom. The summed E-state index contributed by atoms with van der Waals surface area (Å²) in [6.07, 6.45) is 2.13. The number of carbonyl (C=O) groups excluding carboxylic acids is 1. The highest BCUT2D eigenvalue weighted by Gasteiger charge is 2.20. The van der Waals surface area contributed by atoms with E-state index in [4.69, 9.17) is 9.47 Å². The molecule has 5 nitrogen and oxygen atoms in total. The lowest BCUT2D eigenvalue weighted by Crippen LogP contribution is -2.22. The number of amides is 1. The van der Waals surface area contributed by atoms with E-state index in [1.54, 1.807) is 0 Å². The van der Waals surface area contributed by atoms with E-state index in [1.165, 1.54) is 16.9 Å². The van der Waals surface area contributed by atoms with Gasteiger partial charge in [-0.3, -0.25) is 10.1 Å². The van der Waals surface area contributed by atoms with Gasteiger partial charge in [0.2, 0.25) is 0 Å². The molecule has 3 aromatic rings. The Kier molecular flexibility index (Phi) is 6.98. The molecule has 1 heterocycles. The van der Waals surface area contributed by atoms with Crippen molar-refractivity contribution in [2.24, 2.45) is 0 Å². The number of aryl methyl sites for hydroxylation is 1. The highest BCUT2D eigenvalue weighted by Crippen LogP contribution is 2.32. The van der Waals surface area contributed by atoms with Crippen molar-refractivity contribution in [3.05, 3.63) is 47.5 Å². The third-order valence-corrected chi connectivity index (χ3v) is 5.61. The summed E-state index contributed by atoms with van der Waals surface area (Å²) in [6.45, 7) is 11.2. The summed E-state index contributed by atoms with van der Waals surface area (Å²) in [4.78, 5) is 16.9. The van der Waals surface area contributed by atoms with Crippen molar-refractivity contribution in [1.29, 1.82) is 0 Å². The first-order valence-corrected chi connectivity index (χ1v) is 11.1. The number of hydrogen-bond acceptors (Lipinski definition) is 5. The molecule has 0 saturated carbocycles. The van der Waals surface area contributed by atoms with Crippen LogP contribution in [-0.4, -0.2) is 24.1 Å². The lowest BCUT2D eigenvalue weighted by molar-refractivity contribution is -0.118. The Hall–Kier alpha value is -2.60. The van der Waals surface area contributed by atoms with Gasteiger partial charge in [-0.2, -0.15) is 0 Å². The van der Waals surface area contributed by atoms with Gasteiger partial charge in [0, 0.05) is 0 Å². The SMILES string of the molecule is CCCCOc1ccc2nc(NC(=O)COc3ccc(C)cc3C(C)(C)C)sc2c1. The van der Waals surface area contributed by atoms with E-state index in [2.05, 4.69) is 51.0 Å². The van der Waals surface area contributed by atoms with Gasteiger partial charge in [-0.15, -0.1) is 0 Å². The molecule has 0 spiro atoms. The molecule has 30 heavy (non-hydrogen) atoms. The van der Waals surface area contributed by atoms with E-state index in [1.807, 2.05) is 30.3 Å². The summed E-state index contributed by atoms with van der Waals surface area (Å²) < 4.78 is 12.6. The zero-order valence-corrected chi connectivity index (χ0v) is 19.2. The predicted molar refractivity (Wildman–Crippen MR) is 124 cm³/mol. The average molecular weight is 427 g/mol. The number of anilines is 1. The third-order valence-electron chi connectivity index (χ3n) is 4.67. The van der Waals surface area contributed by atoms with Gasteiger partial charge in [-0.1, -0.05) is 63.1 Å². The fraction of sp³-hybridized carbons (Fsp3) is 0.417. The van der Waals surface area contributed by atoms with Crippen molar-refractivity contribution in [2.45, 2.75) is 52.9 Å². The number of hydrogen-bond donors (Lipinski definition) is 1. The van der Waals surface area contributed by atoms with Crippen LogP contribution in [-0.2, 0) is 10.2 Å². The van der Waals surface area contributed by atoms with Crippen molar-refractivity contribution in [3.63, 3.8) is 0 Å². The molecular formula is C24H30N2O3S. The molecule has 2 aromatic carbocycles. The number of ether oxygens (including phenoxy) is 2. The maximum Gasteiger partial charge on any atom is 0.264 e. The average Bonchev–Trinajstić information content (AvgIpc) is 3.08. The molecule has 0 aliphatic heterocycles. The molecule has 1 N–H and O–H groups in total. The molecule has 0 fully saturated rings. The lowest BCUT2D eigenvalue weighted by atomic mass is 9.85. The number of nitrogens with zero attached hydrogens (tertiary/aromatic N) is 1. The molecule has 0 aliphatic rings. The molecule has 0 aliphatic carbocycles. The normalized spacial score (nSPS) is 11.5. The highest BCUT2D eigenvalue weighted by atomic mass is 32.1. The van der Waals surface area contributed by atoms with Crippen LogP contribution in [0.25, 0.3) is 10.2 Å². The van der Waals surface area contributed by atoms with Crippen LogP contribution < -0.4 is 14.8 Å². The zero-order valence-electron chi connectivity index (χ0n) is 18.4. The molecule has 3 rings (SSSR count). The maximum absolute atomic E-state index is 12.4. The largest absolute Gasteiger partial charge is 0.494 e. The van der Waals surface area contributed by atoms with Crippen LogP contribution in [0.1, 0.15) is 51.7 Å². The first kappa shape index (κ1) is 22.1. The Bertz CT molecular complexity index is 1020. The summed E-state index contributed by atoms with van der Waals surface area (Å²) >= 11 is 1.43. The Balaban J connectivity index is 1.63. The summed E-state index contributed by atoms with van der Waals surface area (Å²) in [6, 6.07) is 11.8. The molecule has 0 radical (unpaired) electrons. The van der Waals surface area contributed by atoms with Crippen molar-refractivity contribution < 1.29 is 14.3 Å². The van der Waals surface area contributed by atoms with E-state index >= 15 is 0 Å². The van der Waals surface area contributed by atoms with Crippen LogP contribution in [0.4, 0.5) is 5.13 Å². The number of rotatable bonds is 8. The van der Waals surface area contributed by atoms with Gasteiger partial charge in [0.25, 0.3) is 5.91 Å². The van der Waals surface area contributed by atoms with E-state index in [-0.39, 0.29) is 17.9 Å². The van der Waals surface area contributed by atoms with E-state index in [9.17, 15) is 4.79 Å². The van der Waals surface area contributed by atoms with Crippen molar-refractivity contribution in [1.82, 2.24) is 4.98 Å². The summed E-state index contributed by atoms with van der Waals surface area (Å²) in [5, 5.41) is 3.41. The standard InChI is InChI=1S/C24H30N2O3S/c1-6-7-12-28-17-9-10-19-21(14-17)30-23(25-19)26-22(27)15-29-20-11-8-16(2)13-18(20)24(3,4)5/h8-11,13-14H,6-7,12,15H2,1-5H3,(H,25,26,27). The minimum Gasteiger partial charge on any atom is -0.494 e. The van der Waals surface area contributed by atoms with E-state index in [0.717, 1.165) is 40.1 Å². The molecule has 1 aromatic heterocycles. The van der Waals surface area contributed by atoms with Crippen LogP contribution in [0.15, 0.2) is 36.4 Å². The fourth-order valence-electron chi connectivity index (χ4n) is 3.04. The molecule has 0 saturated heterocycles. The molecule has 6 heteroatoms. The minimum absolute atomic E-state index is 0.0621. The molecule has 0 atom stereocenters. The second kappa shape index (κ2) is 9.47. The number of benzene rings is 2. The Morgan fingerprint density at radius 2 is 1.93 bits per heavy atom. The van der Waals surface area contributed by atoms with Gasteiger partial charge in [-0.05, 0) is 48.6 Å². The molecule has 0 bridgehead atoms. The number of nitrogens with one attached hydrogen (secondary N) is 1. The first-order valence-electron chi connectivity index (χ1n) is 10.3. The van der Waals surface area contributed by atoms with Gasteiger partial charge in [0.1, 0.15) is 11.5 Å². The van der Waals surface area contributed by atoms with E-state index in [0.29, 0.717) is 11.7 Å². The number of fused-ring (bicyclic) bond motifs is 1. The Labute approximate surface area is 182 Å². The molecule has 1 amide bonds. The zero-order chi connectivity index (χ0) is 21.7. The van der Waals surface area contributed by atoms with Crippen molar-refractivity contribution in [3.8, 4) is 11.5 Å². The van der Waals surface area contributed by atoms with Crippen LogP contribution in [0, 0.1) is 6.92 Å². The number of carbonyl (C=O) groups is 1. The Morgan fingerprint density at radius 3 is 2.67 bits per heavy atom. The molecule has 160 valence electrons. The van der Waals surface area contributed by atoms with Gasteiger partial charge in [0.15, 0.2) is 11.7 Å². The molecular weight excluding hydrogens is 396 g/mol. The lowest BCUT2D eigenvalue weighted by Gasteiger charge is -2.23. The van der Waals surface area contributed by atoms with Crippen LogP contribution in [0.5, 0.6) is 11.5 Å².